The standard InChI is InChI=1S/C19H15F5N2O3/c20-18(21)29-15-8-4-1-5-12(15)9-10-16(27)26-14-7-3-2-6-13(14)17(28)25-11-19(22,23)24/h1-10,18H,11H2,(H,25,28)(H,26,27)/b10-9+. The molecule has 0 unspecified atom stereocenters. The molecular weight excluding hydrogens is 399 g/mol. The molecule has 0 fully saturated rings. The van der Waals surface area contributed by atoms with Crippen LogP contribution in [0.25, 0.3) is 6.08 Å². The van der Waals surface area contributed by atoms with Crippen LogP contribution in [-0.2, 0) is 4.79 Å². The average Bonchev–Trinajstić information content (AvgIpc) is 2.65. The third-order valence-electron chi connectivity index (χ3n) is 3.43. The number of carbonyl (C=O) groups excluding carboxylic acids is 2. The van der Waals surface area contributed by atoms with E-state index in [0.29, 0.717) is 0 Å². The minimum atomic E-state index is -4.58. The monoisotopic (exact) mass is 414 g/mol. The lowest BCUT2D eigenvalue weighted by Crippen LogP contribution is -2.34. The van der Waals surface area contributed by atoms with Gasteiger partial charge in [0.1, 0.15) is 12.3 Å². The van der Waals surface area contributed by atoms with Gasteiger partial charge in [0.05, 0.1) is 11.3 Å². The highest BCUT2D eigenvalue weighted by Gasteiger charge is 2.28. The highest BCUT2D eigenvalue weighted by molar-refractivity contribution is 6.07. The first-order valence-corrected chi connectivity index (χ1v) is 8.12. The average molecular weight is 414 g/mol. The van der Waals surface area contributed by atoms with Crippen LogP contribution in [0.15, 0.2) is 54.6 Å². The molecule has 0 saturated heterocycles. The molecule has 0 spiro atoms. The first-order valence-electron chi connectivity index (χ1n) is 8.12. The van der Waals surface area contributed by atoms with Crippen LogP contribution >= 0.6 is 0 Å². The number of ether oxygens (including phenoxy) is 1. The molecule has 0 saturated carbocycles. The van der Waals surface area contributed by atoms with Crippen LogP contribution in [0.2, 0.25) is 0 Å². The summed E-state index contributed by atoms with van der Waals surface area (Å²) in [6.45, 7) is -4.56. The van der Waals surface area contributed by atoms with Crippen molar-refractivity contribution in [2.75, 3.05) is 11.9 Å². The van der Waals surface area contributed by atoms with Gasteiger partial charge in [-0.05, 0) is 24.3 Å². The zero-order valence-electron chi connectivity index (χ0n) is 14.7. The van der Waals surface area contributed by atoms with Gasteiger partial charge < -0.3 is 15.4 Å². The SMILES string of the molecule is O=C(/C=C/c1ccccc1OC(F)F)Nc1ccccc1C(=O)NCC(F)(F)F. The number of para-hydroxylation sites is 2. The normalized spacial score (nSPS) is 11.5. The number of alkyl halides is 5. The second kappa shape index (κ2) is 9.67. The molecule has 29 heavy (non-hydrogen) atoms. The Morgan fingerprint density at radius 1 is 1.03 bits per heavy atom. The molecule has 5 nitrogen and oxygen atoms in total. The van der Waals surface area contributed by atoms with Gasteiger partial charge in [-0.15, -0.1) is 0 Å². The lowest BCUT2D eigenvalue weighted by molar-refractivity contribution is -0.123. The minimum absolute atomic E-state index is 0.0149. The summed E-state index contributed by atoms with van der Waals surface area (Å²) >= 11 is 0. The van der Waals surface area contributed by atoms with Crippen molar-refractivity contribution >= 4 is 23.6 Å². The van der Waals surface area contributed by atoms with E-state index < -0.39 is 31.1 Å². The Labute approximate surface area is 162 Å². The van der Waals surface area contributed by atoms with Crippen LogP contribution < -0.4 is 15.4 Å². The Morgan fingerprint density at radius 3 is 2.38 bits per heavy atom. The van der Waals surface area contributed by atoms with Gasteiger partial charge in [0.25, 0.3) is 5.91 Å². The van der Waals surface area contributed by atoms with Crippen LogP contribution in [-0.4, -0.2) is 31.1 Å². The van der Waals surface area contributed by atoms with E-state index in [9.17, 15) is 31.5 Å². The van der Waals surface area contributed by atoms with Crippen molar-refractivity contribution < 1.29 is 36.3 Å². The Bertz CT molecular complexity index is 897. The number of nitrogens with one attached hydrogen (secondary N) is 2. The zero-order chi connectivity index (χ0) is 21.4. The summed E-state index contributed by atoms with van der Waals surface area (Å²) in [5.41, 5.74) is 0.0260. The maximum atomic E-state index is 12.4. The molecule has 0 aliphatic carbocycles. The van der Waals surface area contributed by atoms with E-state index in [1.165, 1.54) is 48.5 Å². The molecule has 0 radical (unpaired) electrons. The number of carbonyl (C=O) groups is 2. The molecule has 2 rings (SSSR count). The van der Waals surface area contributed by atoms with Crippen molar-refractivity contribution in [3.8, 4) is 5.75 Å². The third-order valence-corrected chi connectivity index (χ3v) is 3.43. The molecule has 2 aromatic carbocycles. The van der Waals surface area contributed by atoms with Crippen LogP contribution in [0.4, 0.5) is 27.6 Å². The first kappa shape index (κ1) is 21.9. The number of hydrogen-bond acceptors (Lipinski definition) is 3. The summed E-state index contributed by atoms with van der Waals surface area (Å²) in [6, 6.07) is 11.3. The van der Waals surface area contributed by atoms with Crippen LogP contribution in [0.1, 0.15) is 15.9 Å². The molecule has 0 atom stereocenters. The smallest absolute Gasteiger partial charge is 0.405 e. The van der Waals surface area contributed by atoms with E-state index in [1.807, 2.05) is 0 Å². The van der Waals surface area contributed by atoms with Gasteiger partial charge in [-0.25, -0.2) is 0 Å². The zero-order valence-corrected chi connectivity index (χ0v) is 14.7. The van der Waals surface area contributed by atoms with Crippen LogP contribution in [0.5, 0.6) is 5.75 Å². The lowest BCUT2D eigenvalue weighted by Gasteiger charge is -2.12. The number of amides is 2. The quantitative estimate of drug-likeness (QED) is 0.526. The van der Waals surface area contributed by atoms with Gasteiger partial charge in [0.15, 0.2) is 0 Å². The van der Waals surface area contributed by atoms with Gasteiger partial charge in [-0.2, -0.15) is 22.0 Å². The van der Waals surface area contributed by atoms with Crippen molar-refractivity contribution in [2.45, 2.75) is 12.8 Å². The van der Waals surface area contributed by atoms with Crippen LogP contribution in [0, 0.1) is 0 Å². The van der Waals surface area contributed by atoms with Crippen molar-refractivity contribution in [1.82, 2.24) is 5.32 Å². The van der Waals surface area contributed by atoms with Gasteiger partial charge >= 0.3 is 12.8 Å². The molecule has 2 N–H and O–H groups in total. The number of halogens is 5. The van der Waals surface area contributed by atoms with E-state index in [0.717, 1.165) is 6.08 Å². The van der Waals surface area contributed by atoms with Gasteiger partial charge in [-0.3, -0.25) is 9.59 Å². The number of anilines is 1. The van der Waals surface area contributed by atoms with Crippen LogP contribution in [0.3, 0.4) is 0 Å². The summed E-state index contributed by atoms with van der Waals surface area (Å²) in [6.07, 6.45) is -2.35. The minimum Gasteiger partial charge on any atom is -0.434 e. The van der Waals surface area contributed by atoms with Gasteiger partial charge in [0.2, 0.25) is 5.91 Å². The second-order valence-corrected chi connectivity index (χ2v) is 5.58. The second-order valence-electron chi connectivity index (χ2n) is 5.58. The molecule has 2 aromatic rings. The van der Waals surface area contributed by atoms with E-state index in [1.54, 1.807) is 11.4 Å². The highest BCUT2D eigenvalue weighted by atomic mass is 19.4. The first-order chi connectivity index (χ1) is 13.7. The molecule has 0 heterocycles. The predicted octanol–water partition coefficient (Wildman–Crippen LogP) is 4.23. The fourth-order valence-corrected chi connectivity index (χ4v) is 2.23. The summed E-state index contributed by atoms with van der Waals surface area (Å²) in [4.78, 5) is 24.1. The van der Waals surface area contributed by atoms with Crippen molar-refractivity contribution in [3.63, 3.8) is 0 Å². The van der Waals surface area contributed by atoms with E-state index >= 15 is 0 Å². The van der Waals surface area contributed by atoms with Gasteiger partial charge in [-0.1, -0.05) is 30.3 Å². The summed E-state index contributed by atoms with van der Waals surface area (Å²) < 4.78 is 66.0. The van der Waals surface area contributed by atoms with Crippen molar-refractivity contribution in [2.24, 2.45) is 0 Å². The summed E-state index contributed by atoms with van der Waals surface area (Å²) in [5, 5.41) is 4.08. The summed E-state index contributed by atoms with van der Waals surface area (Å²) in [7, 11) is 0. The summed E-state index contributed by atoms with van der Waals surface area (Å²) in [5.74, 6) is -1.88. The maximum Gasteiger partial charge on any atom is 0.405 e. The van der Waals surface area contributed by atoms with Crippen molar-refractivity contribution in [1.29, 1.82) is 0 Å². The molecule has 0 aromatic heterocycles. The molecule has 0 aliphatic rings. The Hall–Kier alpha value is -3.43. The predicted molar refractivity (Wildman–Crippen MR) is 95.6 cm³/mol. The van der Waals surface area contributed by atoms with E-state index in [4.69, 9.17) is 0 Å². The van der Waals surface area contributed by atoms with E-state index in [2.05, 4.69) is 10.1 Å². The molecule has 2 amide bonds. The Kier molecular flexibility index (Phi) is 7.29. The molecule has 154 valence electrons. The number of benzene rings is 2. The molecular formula is C19H15F5N2O3. The van der Waals surface area contributed by atoms with Gasteiger partial charge in [0, 0.05) is 11.6 Å². The number of hydrogen-bond donors (Lipinski definition) is 2. The fourth-order valence-electron chi connectivity index (χ4n) is 2.23. The van der Waals surface area contributed by atoms with E-state index in [-0.39, 0.29) is 22.6 Å². The lowest BCUT2D eigenvalue weighted by atomic mass is 10.1. The fraction of sp³-hybridized carbons (Fsp3) is 0.158. The Balaban J connectivity index is 2.10. The van der Waals surface area contributed by atoms with Crippen molar-refractivity contribution in [3.05, 3.63) is 65.7 Å². The molecule has 10 heteroatoms. The molecule has 0 aliphatic heterocycles. The topological polar surface area (TPSA) is 67.4 Å². The largest absolute Gasteiger partial charge is 0.434 e. The Morgan fingerprint density at radius 2 is 1.69 bits per heavy atom. The highest BCUT2D eigenvalue weighted by Crippen LogP contribution is 2.22. The number of rotatable bonds is 7. The third kappa shape index (κ3) is 7.24. The maximum absolute atomic E-state index is 12.4. The molecule has 0 bridgehead atoms.